The second-order valence-corrected chi connectivity index (χ2v) is 3.65. The number of nitrogens with zero attached hydrogens (tertiary/aromatic N) is 1. The summed E-state index contributed by atoms with van der Waals surface area (Å²) in [5.41, 5.74) is 6.21. The average molecular weight is 289 g/mol. The highest BCUT2D eigenvalue weighted by atomic mass is 35.5. The third-order valence-electron chi connectivity index (χ3n) is 2.55. The van der Waals surface area contributed by atoms with Gasteiger partial charge >= 0.3 is 0 Å². The van der Waals surface area contributed by atoms with Gasteiger partial charge in [-0.15, -0.1) is 19.0 Å². The molecule has 0 unspecified atom stereocenters. The van der Waals surface area contributed by atoms with Gasteiger partial charge in [0.25, 0.3) is 5.69 Å². The Labute approximate surface area is 117 Å². The van der Waals surface area contributed by atoms with E-state index in [1.54, 1.807) is 6.08 Å². The third-order valence-corrected chi connectivity index (χ3v) is 2.55. The van der Waals surface area contributed by atoms with Gasteiger partial charge in [-0.05, 0) is 12.5 Å². The normalized spacial score (nSPS) is 11.1. The lowest BCUT2D eigenvalue weighted by atomic mass is 10.0. The van der Waals surface area contributed by atoms with E-state index in [9.17, 15) is 10.1 Å². The molecule has 1 atom stereocenters. The summed E-state index contributed by atoms with van der Waals surface area (Å²) < 4.78 is 10.1. The van der Waals surface area contributed by atoms with Crippen LogP contribution in [0.5, 0.6) is 11.5 Å². The minimum absolute atomic E-state index is 0. The number of hydrogen-bond acceptors (Lipinski definition) is 5. The zero-order chi connectivity index (χ0) is 13.7. The number of rotatable bonds is 6. The van der Waals surface area contributed by atoms with E-state index in [1.165, 1.54) is 26.4 Å². The van der Waals surface area contributed by atoms with Gasteiger partial charge in [-0.2, -0.15) is 0 Å². The monoisotopic (exact) mass is 288 g/mol. The highest BCUT2D eigenvalue weighted by molar-refractivity contribution is 5.85. The van der Waals surface area contributed by atoms with Crippen LogP contribution in [0.25, 0.3) is 0 Å². The summed E-state index contributed by atoms with van der Waals surface area (Å²) in [6, 6.07) is 2.35. The molecule has 1 aromatic carbocycles. The molecule has 0 aliphatic heterocycles. The molecule has 0 radical (unpaired) electrons. The number of hydrogen-bond donors (Lipinski definition) is 1. The molecule has 0 saturated heterocycles. The molecule has 0 aliphatic carbocycles. The van der Waals surface area contributed by atoms with Crippen LogP contribution >= 0.6 is 12.4 Å². The predicted octanol–water partition coefficient (Wildman–Crippen LogP) is 2.61. The first-order valence-corrected chi connectivity index (χ1v) is 5.31. The summed E-state index contributed by atoms with van der Waals surface area (Å²) >= 11 is 0. The van der Waals surface area contributed by atoms with Gasteiger partial charge in [0.2, 0.25) is 0 Å². The minimum Gasteiger partial charge on any atom is -0.493 e. The zero-order valence-corrected chi connectivity index (χ0v) is 11.6. The molecule has 2 N–H and O–H groups in total. The first kappa shape index (κ1) is 17.2. The molecule has 0 aliphatic rings. The van der Waals surface area contributed by atoms with Crippen molar-refractivity contribution in [2.45, 2.75) is 12.5 Å². The number of nitrogens with two attached hydrogens (primary N) is 1. The summed E-state index contributed by atoms with van der Waals surface area (Å²) in [5, 5.41) is 11.0. The Morgan fingerprint density at radius 1 is 1.42 bits per heavy atom. The highest BCUT2D eigenvalue weighted by Gasteiger charge is 2.22. The molecule has 1 aromatic rings. The summed E-state index contributed by atoms with van der Waals surface area (Å²) in [5.74, 6) is 0.719. The van der Waals surface area contributed by atoms with Crippen LogP contribution in [0.3, 0.4) is 0 Å². The van der Waals surface area contributed by atoms with E-state index < -0.39 is 11.0 Å². The third kappa shape index (κ3) is 3.84. The smallest absolute Gasteiger partial charge is 0.278 e. The molecule has 0 amide bonds. The van der Waals surface area contributed by atoms with Crippen molar-refractivity contribution in [1.29, 1.82) is 0 Å². The van der Waals surface area contributed by atoms with E-state index in [1.807, 2.05) is 0 Å². The topological polar surface area (TPSA) is 87.6 Å². The van der Waals surface area contributed by atoms with Crippen molar-refractivity contribution >= 4 is 18.1 Å². The SMILES string of the molecule is C=CC[C@H](N)c1cc(OC)c(OC)cc1[N+](=O)[O-].Cl. The van der Waals surface area contributed by atoms with E-state index in [0.717, 1.165) is 0 Å². The molecule has 106 valence electrons. The van der Waals surface area contributed by atoms with Gasteiger partial charge in [-0.3, -0.25) is 10.1 Å². The van der Waals surface area contributed by atoms with Gasteiger partial charge in [0.05, 0.1) is 30.8 Å². The lowest BCUT2D eigenvalue weighted by molar-refractivity contribution is -0.385. The number of halogens is 1. The molecule has 19 heavy (non-hydrogen) atoms. The summed E-state index contributed by atoms with van der Waals surface area (Å²) in [7, 11) is 2.89. The minimum atomic E-state index is -0.497. The van der Waals surface area contributed by atoms with Crippen molar-refractivity contribution < 1.29 is 14.4 Å². The second kappa shape index (κ2) is 7.60. The Bertz CT molecular complexity index is 465. The van der Waals surface area contributed by atoms with Crippen LogP contribution in [-0.2, 0) is 0 Å². The average Bonchev–Trinajstić information content (AvgIpc) is 2.37. The molecule has 0 bridgehead atoms. The van der Waals surface area contributed by atoms with Crippen molar-refractivity contribution in [3.63, 3.8) is 0 Å². The fourth-order valence-electron chi connectivity index (χ4n) is 1.65. The molecule has 7 heteroatoms. The Balaban J connectivity index is 0.00000324. The van der Waals surface area contributed by atoms with Gasteiger partial charge in [0.15, 0.2) is 11.5 Å². The zero-order valence-electron chi connectivity index (χ0n) is 10.8. The lowest BCUT2D eigenvalue weighted by Gasteiger charge is -2.14. The predicted molar refractivity (Wildman–Crippen MR) is 75.2 cm³/mol. The maximum atomic E-state index is 11.0. The quantitative estimate of drug-likeness (QED) is 0.494. The van der Waals surface area contributed by atoms with Crippen LogP contribution in [0.2, 0.25) is 0 Å². The van der Waals surface area contributed by atoms with E-state index in [-0.39, 0.29) is 18.1 Å². The first-order chi connectivity index (χ1) is 8.54. The van der Waals surface area contributed by atoms with Gasteiger partial charge in [-0.25, -0.2) is 0 Å². The standard InChI is InChI=1S/C12H16N2O4.ClH/c1-4-5-9(13)8-6-11(17-2)12(18-3)7-10(8)14(15)16;/h4,6-7,9H,1,5,13H2,2-3H3;1H/t9-;/m0./s1. The van der Waals surface area contributed by atoms with Gasteiger partial charge in [0.1, 0.15) is 0 Å². The number of ether oxygens (including phenoxy) is 2. The highest BCUT2D eigenvalue weighted by Crippen LogP contribution is 2.37. The summed E-state index contributed by atoms with van der Waals surface area (Å²) in [4.78, 5) is 10.5. The molecule has 6 nitrogen and oxygen atoms in total. The van der Waals surface area contributed by atoms with Gasteiger partial charge in [-0.1, -0.05) is 6.08 Å². The molecule has 1 rings (SSSR count). The van der Waals surface area contributed by atoms with Crippen LogP contribution in [0.4, 0.5) is 5.69 Å². The summed E-state index contributed by atoms with van der Waals surface area (Å²) in [6.45, 7) is 3.57. The Morgan fingerprint density at radius 2 is 1.95 bits per heavy atom. The van der Waals surface area contributed by atoms with E-state index in [2.05, 4.69) is 6.58 Å². The molecular formula is C12H17ClN2O4. The summed E-state index contributed by atoms with van der Waals surface area (Å²) in [6.07, 6.45) is 2.06. The Kier molecular flexibility index (Phi) is 6.89. The maximum Gasteiger partial charge on any atom is 0.278 e. The molecule has 0 heterocycles. The molecule has 0 fully saturated rings. The largest absolute Gasteiger partial charge is 0.493 e. The number of nitro groups is 1. The van der Waals surface area contributed by atoms with E-state index in [4.69, 9.17) is 15.2 Å². The molecular weight excluding hydrogens is 272 g/mol. The number of methoxy groups -OCH3 is 2. The van der Waals surface area contributed by atoms with Gasteiger partial charge in [0, 0.05) is 6.04 Å². The maximum absolute atomic E-state index is 11.0. The van der Waals surface area contributed by atoms with E-state index >= 15 is 0 Å². The van der Waals surface area contributed by atoms with Crippen LogP contribution in [0.15, 0.2) is 24.8 Å². The number of benzene rings is 1. The first-order valence-electron chi connectivity index (χ1n) is 5.31. The van der Waals surface area contributed by atoms with Crippen molar-refractivity contribution in [1.82, 2.24) is 0 Å². The molecule has 0 saturated carbocycles. The van der Waals surface area contributed by atoms with Crippen molar-refractivity contribution in [2.75, 3.05) is 14.2 Å². The lowest BCUT2D eigenvalue weighted by Crippen LogP contribution is -2.12. The Hall–Kier alpha value is -1.79. The fraction of sp³-hybridized carbons (Fsp3) is 0.333. The van der Waals surface area contributed by atoms with Crippen LogP contribution in [0, 0.1) is 10.1 Å². The van der Waals surface area contributed by atoms with Crippen molar-refractivity contribution in [3.8, 4) is 11.5 Å². The van der Waals surface area contributed by atoms with Crippen molar-refractivity contribution in [2.24, 2.45) is 5.73 Å². The van der Waals surface area contributed by atoms with Crippen LogP contribution in [-0.4, -0.2) is 19.1 Å². The molecule has 0 spiro atoms. The fourth-order valence-corrected chi connectivity index (χ4v) is 1.65. The number of nitro benzene ring substituents is 1. The van der Waals surface area contributed by atoms with Crippen LogP contribution < -0.4 is 15.2 Å². The second-order valence-electron chi connectivity index (χ2n) is 3.65. The van der Waals surface area contributed by atoms with E-state index in [0.29, 0.717) is 23.5 Å². The van der Waals surface area contributed by atoms with Crippen LogP contribution in [0.1, 0.15) is 18.0 Å². The van der Waals surface area contributed by atoms with Crippen molar-refractivity contribution in [3.05, 3.63) is 40.5 Å². The Morgan fingerprint density at radius 3 is 2.37 bits per heavy atom. The van der Waals surface area contributed by atoms with Gasteiger partial charge < -0.3 is 15.2 Å². The molecule has 0 aromatic heterocycles.